The Bertz CT molecular complexity index is 1220. The van der Waals surface area contributed by atoms with Gasteiger partial charge in [-0.2, -0.15) is 13.5 Å². The Morgan fingerprint density at radius 2 is 1.83 bits per heavy atom. The zero-order valence-corrected chi connectivity index (χ0v) is 21.1. The number of alkyl halides is 2. The first kappa shape index (κ1) is 24.9. The second kappa shape index (κ2) is 9.97. The number of amidine groups is 1. The number of halogens is 2. The van der Waals surface area contributed by atoms with Gasteiger partial charge in [-0.05, 0) is 93.8 Å². The van der Waals surface area contributed by atoms with Gasteiger partial charge in [0.25, 0.3) is 6.43 Å². The van der Waals surface area contributed by atoms with E-state index in [1.165, 1.54) is 23.5 Å². The van der Waals surface area contributed by atoms with E-state index >= 15 is 0 Å². The fourth-order valence-electron chi connectivity index (χ4n) is 5.72. The molecule has 2 aromatic rings. The first-order valence-corrected chi connectivity index (χ1v) is 13.8. The molecule has 1 saturated heterocycles. The van der Waals surface area contributed by atoms with Gasteiger partial charge in [0, 0.05) is 17.9 Å². The van der Waals surface area contributed by atoms with Gasteiger partial charge in [-0.3, -0.25) is 4.68 Å². The monoisotopic (exact) mass is 521 g/mol. The van der Waals surface area contributed by atoms with Crippen LogP contribution >= 0.6 is 0 Å². The van der Waals surface area contributed by atoms with Crippen molar-refractivity contribution in [3.8, 4) is 0 Å². The average molecular weight is 522 g/mol. The lowest BCUT2D eigenvalue weighted by Gasteiger charge is -2.36. The molecular formula is C24H31F2N6O3S-. The lowest BCUT2D eigenvalue weighted by Crippen LogP contribution is -2.47. The molecule has 12 heteroatoms. The van der Waals surface area contributed by atoms with Crippen molar-refractivity contribution in [3.05, 3.63) is 40.7 Å². The third kappa shape index (κ3) is 5.06. The molecule has 0 spiro atoms. The number of nitrogens with one attached hydrogen (secondary N) is 1. The Kier molecular flexibility index (Phi) is 6.90. The van der Waals surface area contributed by atoms with Crippen LogP contribution < -0.4 is 14.7 Å². The summed E-state index contributed by atoms with van der Waals surface area (Å²) in [5, 5.41) is 19.7. The number of aryl methyl sites for hydroxylation is 2. The second-order valence-corrected chi connectivity index (χ2v) is 11.3. The first-order chi connectivity index (χ1) is 17.2. The highest BCUT2D eigenvalue weighted by atomic mass is 32.2. The van der Waals surface area contributed by atoms with Gasteiger partial charge in [0.2, 0.25) is 0 Å². The summed E-state index contributed by atoms with van der Waals surface area (Å²) < 4.78 is 58.5. The molecule has 36 heavy (non-hydrogen) atoms. The van der Waals surface area contributed by atoms with Crippen molar-refractivity contribution in [2.24, 2.45) is 4.40 Å². The molecule has 1 aliphatic heterocycles. The Hall–Kier alpha value is -2.73. The van der Waals surface area contributed by atoms with Crippen LogP contribution in [-0.4, -0.2) is 61.7 Å². The molecule has 1 aromatic heterocycles. The molecule has 2 heterocycles. The molecule has 2 aliphatic carbocycles. The van der Waals surface area contributed by atoms with E-state index in [-0.39, 0.29) is 5.69 Å². The van der Waals surface area contributed by atoms with Crippen molar-refractivity contribution in [3.63, 3.8) is 0 Å². The minimum absolute atomic E-state index is 0.128. The standard InChI is InChI=1S/C24H32F2N6O3S/c1-30-10-8-18(9-11-30)32(19-13-27-31(14-19)15-22(25)26)36(34,35)29-24(33)28-23-20-6-2-4-16(20)12-17-5-3-7-21(17)23/h12-14,18,22H,2-11,15H2,1H3,(H2,28,29,33)/p-1. The SMILES string of the molecule is CN1CCC(N(c2cnn(CC(F)F)c2)S(=O)(=O)/N=C(\[O-])Nc2c3c(cc4c2CCC4)CCC3)CC1. The van der Waals surface area contributed by atoms with E-state index in [0.29, 0.717) is 25.9 Å². The summed E-state index contributed by atoms with van der Waals surface area (Å²) in [5.74, 6) is 0. The fraction of sp³-hybridized carbons (Fsp3) is 0.583. The first-order valence-electron chi connectivity index (χ1n) is 12.5. The lowest BCUT2D eigenvalue weighted by atomic mass is 9.99. The Morgan fingerprint density at radius 3 is 2.44 bits per heavy atom. The molecule has 0 bridgehead atoms. The number of anilines is 2. The van der Waals surface area contributed by atoms with Gasteiger partial charge >= 0.3 is 10.2 Å². The molecule has 0 atom stereocenters. The molecule has 196 valence electrons. The third-order valence-electron chi connectivity index (χ3n) is 7.37. The number of likely N-dealkylation sites (tertiary alicyclic amines) is 1. The van der Waals surface area contributed by atoms with Crippen LogP contribution in [0.2, 0.25) is 0 Å². The fourth-order valence-corrected chi connectivity index (χ4v) is 7.01. The molecule has 5 rings (SSSR count). The van der Waals surface area contributed by atoms with Crippen LogP contribution in [0, 0.1) is 0 Å². The van der Waals surface area contributed by atoms with Crippen LogP contribution in [0.4, 0.5) is 20.2 Å². The maximum Gasteiger partial charge on any atom is 0.345 e. The molecular weight excluding hydrogens is 490 g/mol. The largest absolute Gasteiger partial charge is 0.845 e. The summed E-state index contributed by atoms with van der Waals surface area (Å²) in [6.45, 7) is 0.676. The quantitative estimate of drug-likeness (QED) is 0.442. The van der Waals surface area contributed by atoms with Gasteiger partial charge in [-0.1, -0.05) is 6.07 Å². The number of hydrogen-bond acceptors (Lipinski definition) is 5. The Labute approximate surface area is 210 Å². The molecule has 0 amide bonds. The van der Waals surface area contributed by atoms with E-state index in [9.17, 15) is 22.3 Å². The summed E-state index contributed by atoms with van der Waals surface area (Å²) in [5.41, 5.74) is 5.44. The molecule has 3 aliphatic rings. The number of piperidine rings is 1. The van der Waals surface area contributed by atoms with Crippen molar-refractivity contribution < 1.29 is 22.3 Å². The topological polar surface area (TPSA) is 106 Å². The number of aromatic nitrogens is 2. The summed E-state index contributed by atoms with van der Waals surface area (Å²) in [4.78, 5) is 2.09. The zero-order chi connectivity index (χ0) is 25.4. The van der Waals surface area contributed by atoms with Crippen LogP contribution in [0.25, 0.3) is 0 Å². The predicted octanol–water partition coefficient (Wildman–Crippen LogP) is 2.10. The molecule has 1 aromatic carbocycles. The molecule has 1 fully saturated rings. The van der Waals surface area contributed by atoms with Crippen LogP contribution in [-0.2, 0) is 42.4 Å². The van der Waals surface area contributed by atoms with E-state index in [1.807, 2.05) is 7.05 Å². The third-order valence-corrected chi connectivity index (χ3v) is 8.77. The predicted molar refractivity (Wildman–Crippen MR) is 132 cm³/mol. The Balaban J connectivity index is 1.46. The van der Waals surface area contributed by atoms with Gasteiger partial charge in [-0.25, -0.2) is 13.1 Å². The summed E-state index contributed by atoms with van der Waals surface area (Å²) in [6.07, 6.45) is 6.52. The van der Waals surface area contributed by atoms with E-state index in [1.54, 1.807) is 0 Å². The molecule has 0 radical (unpaired) electrons. The normalized spacial score (nSPS) is 19.1. The smallest absolute Gasteiger partial charge is 0.345 e. The lowest BCUT2D eigenvalue weighted by molar-refractivity contribution is -0.213. The van der Waals surface area contributed by atoms with Crippen LogP contribution in [0.15, 0.2) is 22.9 Å². The second-order valence-electron chi connectivity index (χ2n) is 9.88. The summed E-state index contributed by atoms with van der Waals surface area (Å²) in [6, 6.07) is 0.826. The van der Waals surface area contributed by atoms with Crippen LogP contribution in [0.5, 0.6) is 0 Å². The number of benzene rings is 1. The maximum atomic E-state index is 13.5. The Morgan fingerprint density at radius 1 is 1.19 bits per heavy atom. The highest BCUT2D eigenvalue weighted by molar-refractivity contribution is 7.91. The molecule has 0 unspecified atom stereocenters. The van der Waals surface area contributed by atoms with Crippen LogP contribution in [0.3, 0.4) is 0 Å². The minimum Gasteiger partial charge on any atom is -0.845 e. The number of nitrogens with zero attached hydrogens (tertiary/aromatic N) is 5. The molecule has 0 saturated carbocycles. The highest BCUT2D eigenvalue weighted by Gasteiger charge is 2.33. The van der Waals surface area contributed by atoms with Gasteiger partial charge in [0.05, 0.1) is 17.9 Å². The van der Waals surface area contributed by atoms with Crippen molar-refractivity contribution in [1.29, 1.82) is 0 Å². The van der Waals surface area contributed by atoms with E-state index < -0.39 is 35.2 Å². The van der Waals surface area contributed by atoms with E-state index in [2.05, 4.69) is 25.8 Å². The number of fused-ring (bicyclic) bond motifs is 2. The van der Waals surface area contributed by atoms with Gasteiger partial charge in [0.1, 0.15) is 6.54 Å². The van der Waals surface area contributed by atoms with Crippen molar-refractivity contribution >= 4 is 27.6 Å². The summed E-state index contributed by atoms with van der Waals surface area (Å²) in [7, 11) is -2.52. The highest BCUT2D eigenvalue weighted by Crippen LogP contribution is 2.38. The van der Waals surface area contributed by atoms with Crippen molar-refractivity contribution in [2.75, 3.05) is 29.8 Å². The van der Waals surface area contributed by atoms with E-state index in [4.69, 9.17) is 0 Å². The van der Waals surface area contributed by atoms with Gasteiger partial charge in [0.15, 0.2) is 0 Å². The van der Waals surface area contributed by atoms with Crippen molar-refractivity contribution in [2.45, 2.75) is 70.4 Å². The van der Waals surface area contributed by atoms with E-state index in [0.717, 1.165) is 64.3 Å². The maximum absolute atomic E-state index is 13.5. The number of rotatable bonds is 7. The van der Waals surface area contributed by atoms with Gasteiger partial charge in [-0.15, -0.1) is 4.40 Å². The van der Waals surface area contributed by atoms with Gasteiger partial charge < -0.3 is 15.3 Å². The minimum atomic E-state index is -4.47. The average Bonchev–Trinajstić information content (AvgIpc) is 3.55. The molecule has 1 N–H and O–H groups in total. The molecule has 9 nitrogen and oxygen atoms in total. The number of hydrogen-bond donors (Lipinski definition) is 1. The summed E-state index contributed by atoms with van der Waals surface area (Å²) >= 11 is 0. The van der Waals surface area contributed by atoms with Crippen molar-refractivity contribution in [1.82, 2.24) is 14.7 Å². The zero-order valence-electron chi connectivity index (χ0n) is 20.3. The van der Waals surface area contributed by atoms with Crippen LogP contribution in [0.1, 0.15) is 47.9 Å².